The van der Waals surface area contributed by atoms with Crippen LogP contribution in [-0.2, 0) is 19.4 Å². The smallest absolute Gasteiger partial charge is 0.275 e. The molecule has 3 rings (SSSR count). The van der Waals surface area contributed by atoms with E-state index in [0.717, 1.165) is 12.8 Å². The van der Waals surface area contributed by atoms with Crippen molar-refractivity contribution in [2.45, 2.75) is 19.4 Å². The van der Waals surface area contributed by atoms with Gasteiger partial charge in [-0.25, -0.2) is 0 Å². The van der Waals surface area contributed by atoms with Gasteiger partial charge in [0.1, 0.15) is 6.07 Å². The van der Waals surface area contributed by atoms with E-state index in [9.17, 15) is 15.3 Å². The number of aromatic nitrogens is 2. The number of allylic oxidation sites excluding steroid dienone is 1. The van der Waals surface area contributed by atoms with E-state index in [1.165, 1.54) is 27.6 Å². The Morgan fingerprint density at radius 3 is 2.41 bits per heavy atom. The van der Waals surface area contributed by atoms with Gasteiger partial charge in [-0.3, -0.25) is 14.3 Å². The van der Waals surface area contributed by atoms with Gasteiger partial charge in [0.25, 0.3) is 5.56 Å². The first-order valence-corrected chi connectivity index (χ1v) is 8.71. The van der Waals surface area contributed by atoms with Gasteiger partial charge in [0.05, 0.1) is 0 Å². The normalized spacial score (nSPS) is 13.1. The molecular formula is C20H20N6O. The molecule has 0 atom stereocenters. The molecule has 136 valence electrons. The molecule has 0 saturated carbocycles. The van der Waals surface area contributed by atoms with Gasteiger partial charge in [-0.1, -0.05) is 30.3 Å². The van der Waals surface area contributed by atoms with E-state index in [0.29, 0.717) is 18.9 Å². The van der Waals surface area contributed by atoms with Gasteiger partial charge >= 0.3 is 0 Å². The van der Waals surface area contributed by atoms with Crippen molar-refractivity contribution < 1.29 is 0 Å². The van der Waals surface area contributed by atoms with Crippen molar-refractivity contribution in [2.75, 3.05) is 29.9 Å². The van der Waals surface area contributed by atoms with E-state index in [-0.39, 0.29) is 18.1 Å². The number of hydrogen-bond acceptors (Lipinski definition) is 6. The molecule has 0 N–H and O–H groups in total. The Balaban J connectivity index is 2.09. The van der Waals surface area contributed by atoms with Crippen LogP contribution in [0, 0.1) is 22.8 Å². The van der Waals surface area contributed by atoms with Crippen LogP contribution in [0.4, 0.5) is 11.8 Å². The largest absolute Gasteiger partial charge is 0.355 e. The van der Waals surface area contributed by atoms with Crippen LogP contribution >= 0.6 is 0 Å². The van der Waals surface area contributed by atoms with Crippen LogP contribution < -0.4 is 15.4 Å². The Kier molecular flexibility index (Phi) is 5.23. The van der Waals surface area contributed by atoms with E-state index < -0.39 is 5.56 Å². The lowest BCUT2D eigenvalue weighted by molar-refractivity contribution is 0.722. The lowest BCUT2D eigenvalue weighted by atomic mass is 10.0. The lowest BCUT2D eigenvalue weighted by Gasteiger charge is -2.25. The SMILES string of the molecule is C=CCn1c(N(C)C#N)nc(N2CCc3ccccc3CC2)c(C#N)c1=O. The standard InChI is InChI=1S/C20H20N6O/c1-3-10-26-19(27)17(13-21)18(23-20(26)24(2)14-22)25-11-8-15-6-4-5-7-16(15)9-12-25/h3-7H,1,8-12H2,2H3. The average molecular weight is 360 g/mol. The summed E-state index contributed by atoms with van der Waals surface area (Å²) >= 11 is 0. The highest BCUT2D eigenvalue weighted by Crippen LogP contribution is 2.23. The fraction of sp³-hybridized carbons (Fsp3) is 0.300. The van der Waals surface area contributed by atoms with Crippen molar-refractivity contribution in [1.82, 2.24) is 9.55 Å². The number of nitrogens with zero attached hydrogens (tertiary/aromatic N) is 6. The molecule has 1 aromatic heterocycles. The summed E-state index contributed by atoms with van der Waals surface area (Å²) in [6.07, 6.45) is 5.13. The third kappa shape index (κ3) is 3.40. The second-order valence-electron chi connectivity index (χ2n) is 6.34. The summed E-state index contributed by atoms with van der Waals surface area (Å²) in [5.41, 5.74) is 2.08. The summed E-state index contributed by atoms with van der Waals surface area (Å²) < 4.78 is 1.30. The van der Waals surface area contributed by atoms with Crippen LogP contribution in [-0.4, -0.2) is 29.7 Å². The van der Waals surface area contributed by atoms with Crippen molar-refractivity contribution in [3.63, 3.8) is 0 Å². The predicted molar refractivity (Wildman–Crippen MR) is 103 cm³/mol. The zero-order chi connectivity index (χ0) is 19.4. The van der Waals surface area contributed by atoms with Crippen LogP contribution in [0.2, 0.25) is 0 Å². The van der Waals surface area contributed by atoms with E-state index in [1.54, 1.807) is 6.08 Å². The summed E-state index contributed by atoms with van der Waals surface area (Å²) in [6, 6.07) is 10.3. The van der Waals surface area contributed by atoms with Gasteiger partial charge < -0.3 is 4.90 Å². The fourth-order valence-corrected chi connectivity index (χ4v) is 3.33. The van der Waals surface area contributed by atoms with Gasteiger partial charge in [0, 0.05) is 26.7 Å². The van der Waals surface area contributed by atoms with Gasteiger partial charge in [-0.15, -0.1) is 6.58 Å². The molecule has 0 aliphatic carbocycles. The molecule has 0 bridgehead atoms. The van der Waals surface area contributed by atoms with E-state index >= 15 is 0 Å². The zero-order valence-corrected chi connectivity index (χ0v) is 15.2. The van der Waals surface area contributed by atoms with E-state index in [4.69, 9.17) is 0 Å². The van der Waals surface area contributed by atoms with Gasteiger partial charge in [-0.05, 0) is 24.0 Å². The first-order valence-electron chi connectivity index (χ1n) is 8.71. The molecule has 0 unspecified atom stereocenters. The highest BCUT2D eigenvalue weighted by molar-refractivity contribution is 5.57. The number of anilines is 2. The Bertz CT molecular complexity index is 984. The molecule has 27 heavy (non-hydrogen) atoms. The molecule has 7 heteroatoms. The maximum absolute atomic E-state index is 12.9. The molecule has 1 aliphatic heterocycles. The van der Waals surface area contributed by atoms with Crippen molar-refractivity contribution >= 4 is 11.8 Å². The quantitative estimate of drug-likeness (QED) is 0.469. The molecule has 0 fully saturated rings. The van der Waals surface area contributed by atoms with Crippen LogP contribution in [0.25, 0.3) is 0 Å². The van der Waals surface area contributed by atoms with E-state index in [2.05, 4.69) is 23.7 Å². The van der Waals surface area contributed by atoms with Crippen LogP contribution in [0.3, 0.4) is 0 Å². The first kappa shape index (κ1) is 18.2. The third-order valence-electron chi connectivity index (χ3n) is 4.72. The maximum Gasteiger partial charge on any atom is 0.275 e. The molecule has 2 heterocycles. The highest BCUT2D eigenvalue weighted by atomic mass is 16.1. The summed E-state index contributed by atoms with van der Waals surface area (Å²) in [7, 11) is 1.54. The van der Waals surface area contributed by atoms with Crippen LogP contribution in [0.15, 0.2) is 41.7 Å². The molecule has 7 nitrogen and oxygen atoms in total. The Morgan fingerprint density at radius 2 is 1.89 bits per heavy atom. The number of fused-ring (bicyclic) bond motifs is 1. The van der Waals surface area contributed by atoms with Crippen molar-refractivity contribution in [2.24, 2.45) is 0 Å². The Morgan fingerprint density at radius 1 is 1.26 bits per heavy atom. The van der Waals surface area contributed by atoms with E-state index in [1.807, 2.05) is 29.3 Å². The Labute approximate surface area is 158 Å². The monoisotopic (exact) mass is 360 g/mol. The number of rotatable bonds is 4. The van der Waals surface area contributed by atoms with Crippen molar-refractivity contribution in [3.05, 3.63) is 64.0 Å². The summed E-state index contributed by atoms with van der Waals surface area (Å²) in [6.45, 7) is 5.12. The van der Waals surface area contributed by atoms with Crippen LogP contribution in [0.5, 0.6) is 0 Å². The van der Waals surface area contributed by atoms with Gasteiger partial charge in [0.15, 0.2) is 17.6 Å². The zero-order valence-electron chi connectivity index (χ0n) is 15.2. The molecular weight excluding hydrogens is 340 g/mol. The summed E-state index contributed by atoms with van der Waals surface area (Å²) in [5, 5.41) is 18.9. The molecule has 0 amide bonds. The number of hydrogen-bond donors (Lipinski definition) is 0. The van der Waals surface area contributed by atoms with Gasteiger partial charge in [0.2, 0.25) is 5.95 Å². The maximum atomic E-state index is 12.9. The molecule has 0 spiro atoms. The first-order chi connectivity index (χ1) is 13.1. The Hall–Kier alpha value is -3.58. The molecule has 0 radical (unpaired) electrons. The molecule has 0 saturated heterocycles. The highest BCUT2D eigenvalue weighted by Gasteiger charge is 2.24. The fourth-order valence-electron chi connectivity index (χ4n) is 3.33. The third-order valence-corrected chi connectivity index (χ3v) is 4.72. The predicted octanol–water partition coefficient (Wildman–Crippen LogP) is 1.82. The lowest BCUT2D eigenvalue weighted by Crippen LogP contribution is -2.35. The molecule has 2 aromatic rings. The minimum atomic E-state index is -0.457. The second-order valence-corrected chi connectivity index (χ2v) is 6.34. The second kappa shape index (κ2) is 7.76. The average Bonchev–Trinajstić information content (AvgIpc) is 2.91. The van der Waals surface area contributed by atoms with Gasteiger partial charge in [-0.2, -0.15) is 15.5 Å². The van der Waals surface area contributed by atoms with Crippen LogP contribution in [0.1, 0.15) is 16.7 Å². The summed E-state index contributed by atoms with van der Waals surface area (Å²) in [5.74, 6) is 0.547. The number of benzene rings is 1. The minimum Gasteiger partial charge on any atom is -0.355 e. The minimum absolute atomic E-state index is 0.00195. The topological polar surface area (TPSA) is 88.9 Å². The number of nitriles is 2. The van der Waals surface area contributed by atoms with Crippen molar-refractivity contribution in [1.29, 1.82) is 10.5 Å². The molecule has 1 aromatic carbocycles. The van der Waals surface area contributed by atoms with Crippen molar-refractivity contribution in [3.8, 4) is 12.3 Å². The molecule has 1 aliphatic rings. The summed E-state index contributed by atoms with van der Waals surface area (Å²) in [4.78, 5) is 20.6.